The van der Waals surface area contributed by atoms with Gasteiger partial charge in [0.05, 0.1) is 19.5 Å². The van der Waals surface area contributed by atoms with Crippen molar-refractivity contribution in [2.75, 3.05) is 25.2 Å². The number of esters is 1. The molecule has 42 heavy (non-hydrogen) atoms. The van der Waals surface area contributed by atoms with E-state index in [1.54, 1.807) is 40.9 Å². The van der Waals surface area contributed by atoms with Crippen LogP contribution in [0.15, 0.2) is 11.4 Å². The number of aromatic nitrogens is 4. The summed E-state index contributed by atoms with van der Waals surface area (Å²) in [7, 11) is -4.34. The average Bonchev–Trinajstić information content (AvgIpc) is 3.41. The summed E-state index contributed by atoms with van der Waals surface area (Å²) < 4.78 is 32.3. The normalized spacial score (nSPS) is 25.5. The standard InChI is InChI=1S/C24H40N7O9PS/c1-8-38-21(35)15(12(4)5)30-41(37,29-14(11(2)3)20(33)34)39-9-13-17(32)24(6,36)22(40-13)31-10-26-16-18(31)27-23(25)28-19(16)42-7/h10-15,17,22,32,36H,8-9H2,1-7H3,(H,33,34)(H2,25,27,28)(H2,29,30,37)/t13-,14+,15+,17?,22-,24?,41?/m1/s1. The number of nitrogens with two attached hydrogens (primary N) is 1. The number of nitrogens with one attached hydrogen (secondary N) is 2. The van der Waals surface area contributed by atoms with Crippen LogP contribution >= 0.6 is 19.4 Å². The Balaban J connectivity index is 1.92. The number of hydrogen-bond donors (Lipinski definition) is 6. The molecule has 0 aliphatic carbocycles. The van der Waals surface area contributed by atoms with Gasteiger partial charge in [0.2, 0.25) is 5.95 Å². The van der Waals surface area contributed by atoms with Gasteiger partial charge in [-0.05, 0) is 31.9 Å². The summed E-state index contributed by atoms with van der Waals surface area (Å²) in [5.74, 6) is -2.95. The van der Waals surface area contributed by atoms with E-state index in [9.17, 15) is 29.5 Å². The topological polar surface area (TPSA) is 233 Å². The summed E-state index contributed by atoms with van der Waals surface area (Å²) in [5, 5.41) is 37.7. The highest BCUT2D eigenvalue weighted by Gasteiger charge is 2.54. The van der Waals surface area contributed by atoms with Gasteiger partial charge in [0.25, 0.3) is 0 Å². The maximum absolute atomic E-state index is 14.1. The van der Waals surface area contributed by atoms with Crippen molar-refractivity contribution in [3.05, 3.63) is 6.33 Å². The van der Waals surface area contributed by atoms with Crippen molar-refractivity contribution in [1.82, 2.24) is 29.7 Å². The largest absolute Gasteiger partial charge is 0.480 e. The van der Waals surface area contributed by atoms with Crippen molar-refractivity contribution >= 4 is 48.5 Å². The minimum atomic E-state index is -4.34. The SMILES string of the molecule is CCOC(=O)[C@@H](NP(=O)(N[C@H](C(=O)O)C(C)C)OC[C@H]1O[C@@H](n2cnc3c(SC)nc(N)nc32)C(C)(O)C1O)C(C)C. The molecule has 7 N–H and O–H groups in total. The quantitative estimate of drug-likeness (QED) is 0.0740. The van der Waals surface area contributed by atoms with Gasteiger partial charge >= 0.3 is 19.6 Å². The first-order valence-electron chi connectivity index (χ1n) is 13.4. The number of hydrogen-bond acceptors (Lipinski definition) is 13. The number of carboxylic acids is 1. The van der Waals surface area contributed by atoms with Gasteiger partial charge in [-0.3, -0.25) is 18.7 Å². The van der Waals surface area contributed by atoms with Gasteiger partial charge in [0.1, 0.15) is 40.4 Å². The van der Waals surface area contributed by atoms with Crippen LogP contribution in [-0.4, -0.2) is 96.1 Å². The number of fused-ring (bicyclic) bond motifs is 1. The summed E-state index contributed by atoms with van der Waals surface area (Å²) in [6.45, 7) is 9.08. The van der Waals surface area contributed by atoms with Crippen molar-refractivity contribution < 1.29 is 43.5 Å². The van der Waals surface area contributed by atoms with Crippen molar-refractivity contribution in [3.8, 4) is 0 Å². The van der Waals surface area contributed by atoms with Crippen molar-refractivity contribution in [1.29, 1.82) is 0 Å². The monoisotopic (exact) mass is 633 g/mol. The Bertz CT molecular complexity index is 1320. The van der Waals surface area contributed by atoms with E-state index in [1.807, 2.05) is 0 Å². The number of aliphatic carboxylic acids is 1. The van der Waals surface area contributed by atoms with E-state index in [4.69, 9.17) is 19.7 Å². The zero-order chi connectivity index (χ0) is 31.6. The number of imidazole rings is 1. The molecule has 0 amide bonds. The average molecular weight is 634 g/mol. The number of thioether (sulfide) groups is 1. The number of ether oxygens (including phenoxy) is 2. The predicted molar refractivity (Wildman–Crippen MR) is 153 cm³/mol. The minimum Gasteiger partial charge on any atom is -0.480 e. The lowest BCUT2D eigenvalue weighted by atomic mass is 9.96. The molecule has 2 aromatic heterocycles. The molecule has 1 aliphatic heterocycles. The third-order valence-electron chi connectivity index (χ3n) is 6.79. The van der Waals surface area contributed by atoms with Crippen LogP contribution in [-0.2, 0) is 28.2 Å². The second-order valence-corrected chi connectivity index (χ2v) is 13.4. The van der Waals surface area contributed by atoms with Crippen molar-refractivity contribution in [2.45, 2.75) is 82.7 Å². The van der Waals surface area contributed by atoms with E-state index < -0.39 is 74.2 Å². The molecule has 0 spiro atoms. The van der Waals surface area contributed by atoms with Crippen LogP contribution < -0.4 is 15.9 Å². The van der Waals surface area contributed by atoms with Crippen molar-refractivity contribution in [2.24, 2.45) is 11.8 Å². The molecule has 1 fully saturated rings. The number of rotatable bonds is 14. The van der Waals surface area contributed by atoms with Gasteiger partial charge in [-0.15, -0.1) is 11.8 Å². The van der Waals surface area contributed by atoms with E-state index in [2.05, 4.69) is 25.1 Å². The summed E-state index contributed by atoms with van der Waals surface area (Å²) in [4.78, 5) is 37.3. The smallest absolute Gasteiger partial charge is 0.342 e. The fourth-order valence-corrected chi connectivity index (χ4v) is 7.10. The summed E-state index contributed by atoms with van der Waals surface area (Å²) in [5.41, 5.74) is 4.63. The molecule has 1 saturated heterocycles. The third-order valence-corrected chi connectivity index (χ3v) is 9.21. The van der Waals surface area contributed by atoms with E-state index in [0.29, 0.717) is 10.5 Å². The first kappa shape index (κ1) is 34.1. The lowest BCUT2D eigenvalue weighted by Gasteiger charge is -2.31. The number of carboxylic acid groups (broad SMARTS) is 1. The molecule has 0 radical (unpaired) electrons. The zero-order valence-corrected chi connectivity index (χ0v) is 26.3. The Morgan fingerprint density at radius 3 is 2.40 bits per heavy atom. The first-order valence-corrected chi connectivity index (χ1v) is 16.2. The summed E-state index contributed by atoms with van der Waals surface area (Å²) in [6.07, 6.45) is -0.866. The van der Waals surface area contributed by atoms with Gasteiger partial charge in [0, 0.05) is 0 Å². The number of aliphatic hydroxyl groups excluding tert-OH is 1. The molecule has 18 heteroatoms. The number of nitrogen functional groups attached to an aromatic ring is 1. The first-order chi connectivity index (χ1) is 19.6. The zero-order valence-electron chi connectivity index (χ0n) is 24.5. The number of nitrogens with zero attached hydrogens (tertiary/aromatic N) is 4. The fourth-order valence-electron chi connectivity index (χ4n) is 4.45. The summed E-state index contributed by atoms with van der Waals surface area (Å²) in [6, 6.07) is -2.44. The lowest BCUT2D eigenvalue weighted by Crippen LogP contribution is -2.48. The molecule has 0 aromatic carbocycles. The van der Waals surface area contributed by atoms with E-state index in [0.717, 1.165) is 0 Å². The Kier molecular flexibility index (Phi) is 11.0. The third kappa shape index (κ3) is 7.22. The number of carbonyl (C=O) groups excluding carboxylic acids is 1. The Hall–Kier alpha value is -2.37. The maximum atomic E-state index is 14.1. The maximum Gasteiger partial charge on any atom is 0.342 e. The molecule has 2 aromatic rings. The second kappa shape index (κ2) is 13.5. The predicted octanol–water partition coefficient (Wildman–Crippen LogP) is 1.14. The van der Waals surface area contributed by atoms with Gasteiger partial charge in [-0.2, -0.15) is 4.98 Å². The Morgan fingerprint density at radius 1 is 1.24 bits per heavy atom. The number of carbonyl (C=O) groups is 2. The van der Waals surface area contributed by atoms with Crippen LogP contribution in [0.1, 0.15) is 47.8 Å². The van der Waals surface area contributed by atoms with Crippen LogP contribution in [0.5, 0.6) is 0 Å². The molecule has 236 valence electrons. The molecule has 16 nitrogen and oxygen atoms in total. The number of aliphatic hydroxyl groups is 2. The van der Waals surface area contributed by atoms with Gasteiger partial charge in [-0.25, -0.2) is 20.1 Å². The van der Waals surface area contributed by atoms with Crippen LogP contribution in [0.2, 0.25) is 0 Å². The van der Waals surface area contributed by atoms with Crippen LogP contribution in [0.4, 0.5) is 5.95 Å². The van der Waals surface area contributed by atoms with E-state index in [-0.39, 0.29) is 18.2 Å². The highest BCUT2D eigenvalue weighted by Crippen LogP contribution is 2.45. The van der Waals surface area contributed by atoms with Crippen LogP contribution in [0.25, 0.3) is 11.2 Å². The minimum absolute atomic E-state index is 0.0239. The molecule has 3 heterocycles. The second-order valence-electron chi connectivity index (χ2n) is 10.8. The summed E-state index contributed by atoms with van der Waals surface area (Å²) >= 11 is 1.30. The molecule has 7 atom stereocenters. The van der Waals surface area contributed by atoms with Crippen molar-refractivity contribution in [3.63, 3.8) is 0 Å². The van der Waals surface area contributed by atoms with E-state index in [1.165, 1.54) is 29.6 Å². The molecule has 1 aliphatic rings. The highest BCUT2D eigenvalue weighted by atomic mass is 32.2. The highest BCUT2D eigenvalue weighted by molar-refractivity contribution is 7.98. The fraction of sp³-hybridized carbons (Fsp3) is 0.708. The molecule has 0 saturated carbocycles. The van der Waals surface area contributed by atoms with Crippen LogP contribution in [0, 0.1) is 11.8 Å². The van der Waals surface area contributed by atoms with Crippen LogP contribution in [0.3, 0.4) is 0 Å². The molecule has 3 rings (SSSR count). The molecular formula is C24H40N7O9PS. The molecule has 0 bridgehead atoms. The Labute approximate surface area is 247 Å². The molecular weight excluding hydrogens is 593 g/mol. The van der Waals surface area contributed by atoms with Gasteiger partial charge < -0.3 is 35.1 Å². The Morgan fingerprint density at radius 2 is 1.86 bits per heavy atom. The van der Waals surface area contributed by atoms with Gasteiger partial charge in [0.15, 0.2) is 11.9 Å². The van der Waals surface area contributed by atoms with E-state index >= 15 is 0 Å². The molecule has 3 unspecified atom stereocenters. The van der Waals surface area contributed by atoms with Gasteiger partial charge in [-0.1, -0.05) is 27.7 Å². The lowest BCUT2D eigenvalue weighted by molar-refractivity contribution is -0.146. The number of anilines is 1.